The third kappa shape index (κ3) is 4.45. The van der Waals surface area contributed by atoms with Gasteiger partial charge >= 0.3 is 5.97 Å². The summed E-state index contributed by atoms with van der Waals surface area (Å²) in [7, 11) is 1.55. The predicted molar refractivity (Wildman–Crippen MR) is 118 cm³/mol. The lowest BCUT2D eigenvalue weighted by atomic mass is 9.87. The molecule has 1 aliphatic rings. The van der Waals surface area contributed by atoms with E-state index in [0.29, 0.717) is 22.7 Å². The highest BCUT2D eigenvalue weighted by atomic mass is 16.5. The largest absolute Gasteiger partial charge is 0.452 e. The molecule has 2 amide bonds. The summed E-state index contributed by atoms with van der Waals surface area (Å²) in [6.45, 7) is 1.85. The Hall–Kier alpha value is -3.61. The zero-order valence-electron chi connectivity index (χ0n) is 17.6. The number of nitrogens with one attached hydrogen (secondary N) is 3. The summed E-state index contributed by atoms with van der Waals surface area (Å²) in [6.07, 6.45) is 3.18. The van der Waals surface area contributed by atoms with E-state index in [-0.39, 0.29) is 5.91 Å². The first-order valence-corrected chi connectivity index (χ1v) is 10.4. The molecule has 160 valence electrons. The molecular formula is C24H25N3O4. The monoisotopic (exact) mass is 419 g/mol. The Kier molecular flexibility index (Phi) is 5.75. The van der Waals surface area contributed by atoms with Crippen LogP contribution in [-0.2, 0) is 22.4 Å². The van der Waals surface area contributed by atoms with E-state index < -0.39 is 18.5 Å². The van der Waals surface area contributed by atoms with Crippen LogP contribution in [0.5, 0.6) is 0 Å². The van der Waals surface area contributed by atoms with Crippen molar-refractivity contribution >= 4 is 34.4 Å². The molecule has 4 rings (SSSR count). The summed E-state index contributed by atoms with van der Waals surface area (Å²) in [5, 5.41) is 6.24. The van der Waals surface area contributed by atoms with Gasteiger partial charge in [-0.2, -0.15) is 0 Å². The lowest BCUT2D eigenvalue weighted by molar-refractivity contribution is -0.119. The van der Waals surface area contributed by atoms with Crippen molar-refractivity contribution < 1.29 is 19.1 Å². The van der Waals surface area contributed by atoms with Gasteiger partial charge in [0.1, 0.15) is 0 Å². The number of amides is 2. The minimum Gasteiger partial charge on any atom is -0.452 e. The van der Waals surface area contributed by atoms with Gasteiger partial charge in [-0.1, -0.05) is 6.92 Å². The lowest BCUT2D eigenvalue weighted by Crippen LogP contribution is -2.21. The summed E-state index contributed by atoms with van der Waals surface area (Å²) in [4.78, 5) is 39.7. The molecule has 1 atom stereocenters. The maximum Gasteiger partial charge on any atom is 0.338 e. The van der Waals surface area contributed by atoms with Gasteiger partial charge in [0.2, 0.25) is 0 Å². The van der Waals surface area contributed by atoms with Crippen LogP contribution in [0.3, 0.4) is 0 Å². The fourth-order valence-corrected chi connectivity index (χ4v) is 3.98. The van der Waals surface area contributed by atoms with E-state index >= 15 is 0 Å². The molecule has 0 aliphatic heterocycles. The predicted octanol–water partition coefficient (Wildman–Crippen LogP) is 3.45. The Morgan fingerprint density at radius 3 is 2.58 bits per heavy atom. The summed E-state index contributed by atoms with van der Waals surface area (Å²) in [6, 6.07) is 11.9. The van der Waals surface area contributed by atoms with Crippen molar-refractivity contribution in [2.75, 3.05) is 19.0 Å². The molecule has 1 aromatic heterocycles. The Morgan fingerprint density at radius 2 is 1.84 bits per heavy atom. The zero-order valence-corrected chi connectivity index (χ0v) is 17.6. The third-order valence-corrected chi connectivity index (χ3v) is 5.66. The van der Waals surface area contributed by atoms with Crippen LogP contribution in [0.2, 0.25) is 0 Å². The average Bonchev–Trinajstić information content (AvgIpc) is 3.14. The Morgan fingerprint density at radius 1 is 1.10 bits per heavy atom. The van der Waals surface area contributed by atoms with Crippen LogP contribution in [-0.4, -0.2) is 36.4 Å². The third-order valence-electron chi connectivity index (χ3n) is 5.66. The molecule has 2 aromatic carbocycles. The van der Waals surface area contributed by atoms with Crippen LogP contribution in [0.4, 0.5) is 5.69 Å². The number of H-pyrrole nitrogens is 1. The van der Waals surface area contributed by atoms with Crippen LogP contribution in [0.15, 0.2) is 42.5 Å². The van der Waals surface area contributed by atoms with E-state index in [2.05, 4.69) is 22.5 Å². The van der Waals surface area contributed by atoms with E-state index in [1.54, 1.807) is 37.4 Å². The van der Waals surface area contributed by atoms with E-state index in [9.17, 15) is 14.4 Å². The highest BCUT2D eigenvalue weighted by Crippen LogP contribution is 2.32. The molecular weight excluding hydrogens is 394 g/mol. The molecule has 0 fully saturated rings. The number of anilines is 1. The van der Waals surface area contributed by atoms with Gasteiger partial charge in [0.25, 0.3) is 11.8 Å². The quantitative estimate of drug-likeness (QED) is 0.552. The second kappa shape index (κ2) is 8.63. The fraction of sp³-hybridized carbons (Fsp3) is 0.292. The summed E-state index contributed by atoms with van der Waals surface area (Å²) < 4.78 is 5.21. The van der Waals surface area contributed by atoms with Crippen molar-refractivity contribution in [1.29, 1.82) is 0 Å². The van der Waals surface area contributed by atoms with Crippen molar-refractivity contribution in [2.45, 2.75) is 26.2 Å². The Labute approximate surface area is 180 Å². The first kappa shape index (κ1) is 20.7. The maximum absolute atomic E-state index is 12.5. The van der Waals surface area contributed by atoms with Gasteiger partial charge < -0.3 is 20.4 Å². The maximum atomic E-state index is 12.5. The van der Waals surface area contributed by atoms with Crippen LogP contribution in [0.25, 0.3) is 10.9 Å². The number of rotatable bonds is 5. The molecule has 0 saturated carbocycles. The Bertz CT molecular complexity index is 1150. The van der Waals surface area contributed by atoms with Crippen molar-refractivity contribution in [3.05, 3.63) is 64.8 Å². The zero-order chi connectivity index (χ0) is 22.0. The highest BCUT2D eigenvalue weighted by molar-refractivity contribution is 5.99. The number of carbonyl (C=O) groups excluding carboxylic acids is 3. The Balaban J connectivity index is 1.38. The van der Waals surface area contributed by atoms with E-state index in [1.807, 2.05) is 12.1 Å². The number of hydrogen-bond donors (Lipinski definition) is 3. The molecule has 7 heteroatoms. The van der Waals surface area contributed by atoms with Crippen molar-refractivity contribution in [1.82, 2.24) is 10.3 Å². The molecule has 7 nitrogen and oxygen atoms in total. The number of ether oxygens (including phenoxy) is 1. The summed E-state index contributed by atoms with van der Waals surface area (Å²) >= 11 is 0. The van der Waals surface area contributed by atoms with Gasteiger partial charge in [-0.25, -0.2) is 4.79 Å². The van der Waals surface area contributed by atoms with Gasteiger partial charge in [0, 0.05) is 34.9 Å². The number of aromatic amines is 1. The molecule has 3 aromatic rings. The van der Waals surface area contributed by atoms with Crippen molar-refractivity contribution in [2.24, 2.45) is 5.92 Å². The average molecular weight is 419 g/mol. The van der Waals surface area contributed by atoms with E-state index in [0.717, 1.165) is 23.7 Å². The van der Waals surface area contributed by atoms with Crippen LogP contribution >= 0.6 is 0 Å². The molecule has 3 N–H and O–H groups in total. The number of aromatic nitrogens is 1. The lowest BCUT2D eigenvalue weighted by Gasteiger charge is -2.18. The minimum atomic E-state index is -0.536. The second-order valence-corrected chi connectivity index (χ2v) is 7.97. The number of benzene rings is 2. The van der Waals surface area contributed by atoms with Gasteiger partial charge in [-0.15, -0.1) is 0 Å². The minimum absolute atomic E-state index is 0.207. The van der Waals surface area contributed by atoms with Gasteiger partial charge in [-0.05, 0) is 73.2 Å². The molecule has 0 spiro atoms. The first-order chi connectivity index (χ1) is 14.9. The van der Waals surface area contributed by atoms with Crippen molar-refractivity contribution in [3.63, 3.8) is 0 Å². The number of fused-ring (bicyclic) bond motifs is 3. The van der Waals surface area contributed by atoms with Gasteiger partial charge in [0.05, 0.1) is 5.56 Å². The van der Waals surface area contributed by atoms with E-state index in [1.165, 1.54) is 17.7 Å². The van der Waals surface area contributed by atoms with Crippen LogP contribution in [0, 0.1) is 5.92 Å². The fourth-order valence-electron chi connectivity index (χ4n) is 3.98. The van der Waals surface area contributed by atoms with Gasteiger partial charge in [0.15, 0.2) is 6.61 Å². The van der Waals surface area contributed by atoms with E-state index in [4.69, 9.17) is 4.74 Å². The molecule has 1 aliphatic carbocycles. The van der Waals surface area contributed by atoms with Gasteiger partial charge in [-0.3, -0.25) is 9.59 Å². The first-order valence-electron chi connectivity index (χ1n) is 10.4. The van der Waals surface area contributed by atoms with Crippen LogP contribution < -0.4 is 10.6 Å². The molecule has 0 radical (unpaired) electrons. The molecule has 0 bridgehead atoms. The number of aryl methyl sites for hydroxylation is 1. The summed E-state index contributed by atoms with van der Waals surface area (Å²) in [5.41, 5.74) is 4.98. The molecule has 1 unspecified atom stereocenters. The topological polar surface area (TPSA) is 100 Å². The summed E-state index contributed by atoms with van der Waals surface area (Å²) in [5.74, 6) is -0.570. The molecule has 0 saturated heterocycles. The second-order valence-electron chi connectivity index (χ2n) is 7.97. The molecule has 1 heterocycles. The number of hydrogen-bond acceptors (Lipinski definition) is 4. The van der Waals surface area contributed by atoms with Crippen LogP contribution in [0.1, 0.15) is 45.3 Å². The number of esters is 1. The SMILES string of the molecule is CNC(=O)c1ccc(NC(=O)COC(=O)c2ccc3[nH]c4c(c3c2)CC(C)CC4)cc1. The number of carbonyl (C=O) groups is 3. The standard InChI is InChI=1S/C24H25N3O4/c1-14-3-9-20-18(11-14)19-12-16(6-10-21(19)27-20)24(30)31-13-22(28)26-17-7-4-15(5-8-17)23(29)25-2/h4-8,10,12,14,27H,3,9,11,13H2,1-2H3,(H,25,29)(H,26,28). The molecule has 31 heavy (non-hydrogen) atoms. The van der Waals surface area contributed by atoms with Crippen molar-refractivity contribution in [3.8, 4) is 0 Å². The normalized spacial score (nSPS) is 15.2. The highest BCUT2D eigenvalue weighted by Gasteiger charge is 2.21. The smallest absolute Gasteiger partial charge is 0.338 e.